The summed E-state index contributed by atoms with van der Waals surface area (Å²) in [6, 6.07) is 3.45. The maximum Gasteiger partial charge on any atom is 0.276 e. The first-order valence-electron chi connectivity index (χ1n) is 11.7. The van der Waals surface area contributed by atoms with E-state index in [-0.39, 0.29) is 24.2 Å². The van der Waals surface area contributed by atoms with Crippen molar-refractivity contribution in [2.45, 2.75) is 19.3 Å². The number of nitrogens with zero attached hydrogens (tertiary/aromatic N) is 4. The van der Waals surface area contributed by atoms with Gasteiger partial charge in [-0.25, -0.2) is 0 Å². The maximum atomic E-state index is 12.3. The molecule has 12 nitrogen and oxygen atoms in total. The maximum absolute atomic E-state index is 12.3. The van der Waals surface area contributed by atoms with E-state index in [1.165, 1.54) is 21.3 Å². The van der Waals surface area contributed by atoms with Crippen molar-refractivity contribution in [1.82, 2.24) is 20.8 Å². The van der Waals surface area contributed by atoms with E-state index < -0.39 is 0 Å². The second kappa shape index (κ2) is 12.0. The monoisotopic (exact) mass is 508 g/mol. The van der Waals surface area contributed by atoms with E-state index in [2.05, 4.69) is 31.0 Å². The molecule has 37 heavy (non-hydrogen) atoms. The Hall–Kier alpha value is -4.48. The number of hydrogen-bond donors (Lipinski definition) is 2. The van der Waals surface area contributed by atoms with Crippen molar-refractivity contribution in [3.05, 3.63) is 53.7 Å². The predicted octanol–water partition coefficient (Wildman–Crippen LogP) is 2.74. The van der Waals surface area contributed by atoms with E-state index >= 15 is 0 Å². The molecule has 2 aliphatic rings. The van der Waals surface area contributed by atoms with Crippen molar-refractivity contribution in [3.8, 4) is 28.6 Å². The van der Waals surface area contributed by atoms with E-state index in [1.807, 2.05) is 18.2 Å². The average molecular weight is 509 g/mol. The molecule has 1 aliphatic heterocycles. The van der Waals surface area contributed by atoms with Crippen molar-refractivity contribution in [1.29, 1.82) is 0 Å². The first-order valence-corrected chi connectivity index (χ1v) is 11.7. The van der Waals surface area contributed by atoms with Crippen molar-refractivity contribution >= 4 is 11.8 Å². The SMILES string of the molecule is COc1cc(-c2noc(CCC(=O)NCCCNC3=C4C=CC=CC4C(=O)N=N3)n2)cc(OC)c1OC. The van der Waals surface area contributed by atoms with Crippen LogP contribution in [0.4, 0.5) is 0 Å². The zero-order valence-electron chi connectivity index (χ0n) is 20.8. The van der Waals surface area contributed by atoms with Crippen LogP contribution in [0.3, 0.4) is 0 Å². The van der Waals surface area contributed by atoms with Gasteiger partial charge >= 0.3 is 0 Å². The molecular weight excluding hydrogens is 480 g/mol. The lowest BCUT2D eigenvalue weighted by molar-refractivity contribution is -0.121. The molecule has 2 aromatic rings. The highest BCUT2D eigenvalue weighted by Crippen LogP contribution is 2.40. The largest absolute Gasteiger partial charge is 0.493 e. The molecule has 4 rings (SSSR count). The van der Waals surface area contributed by atoms with Gasteiger partial charge in [0.25, 0.3) is 5.91 Å². The smallest absolute Gasteiger partial charge is 0.276 e. The van der Waals surface area contributed by atoms with Gasteiger partial charge < -0.3 is 29.4 Å². The Morgan fingerprint density at radius 2 is 1.84 bits per heavy atom. The third kappa shape index (κ3) is 6.02. The number of amides is 2. The minimum absolute atomic E-state index is 0.127. The summed E-state index contributed by atoms with van der Waals surface area (Å²) < 4.78 is 21.4. The number of ether oxygens (including phenoxy) is 3. The molecule has 1 unspecified atom stereocenters. The van der Waals surface area contributed by atoms with Crippen LogP contribution >= 0.6 is 0 Å². The third-order valence-electron chi connectivity index (χ3n) is 5.74. The third-order valence-corrected chi connectivity index (χ3v) is 5.74. The van der Waals surface area contributed by atoms with Gasteiger partial charge in [-0.2, -0.15) is 4.98 Å². The minimum atomic E-state index is -0.385. The van der Waals surface area contributed by atoms with Gasteiger partial charge in [0.1, 0.15) is 0 Å². The molecule has 1 aliphatic carbocycles. The zero-order valence-corrected chi connectivity index (χ0v) is 20.8. The highest BCUT2D eigenvalue weighted by atomic mass is 16.5. The highest BCUT2D eigenvalue weighted by Gasteiger charge is 2.27. The summed E-state index contributed by atoms with van der Waals surface area (Å²) in [5.74, 6) is 1.90. The average Bonchev–Trinajstić information content (AvgIpc) is 3.41. The number of methoxy groups -OCH3 is 3. The van der Waals surface area contributed by atoms with Crippen LogP contribution in [-0.2, 0) is 16.0 Å². The molecule has 0 fully saturated rings. The fraction of sp³-hybridized carbons (Fsp3) is 0.360. The molecule has 2 heterocycles. The molecule has 0 spiro atoms. The van der Waals surface area contributed by atoms with Gasteiger partial charge in [-0.3, -0.25) is 9.59 Å². The number of aryl methyl sites for hydroxylation is 1. The molecule has 12 heteroatoms. The summed E-state index contributed by atoms with van der Waals surface area (Å²) in [6.07, 6.45) is 8.51. The number of rotatable bonds is 12. The number of carbonyl (C=O) groups excluding carboxylic acids is 2. The van der Waals surface area contributed by atoms with Gasteiger partial charge in [0.15, 0.2) is 17.3 Å². The van der Waals surface area contributed by atoms with Crippen molar-refractivity contribution in [2.24, 2.45) is 16.1 Å². The van der Waals surface area contributed by atoms with Crippen LogP contribution in [0.15, 0.2) is 62.6 Å². The van der Waals surface area contributed by atoms with Crippen LogP contribution in [0.2, 0.25) is 0 Å². The van der Waals surface area contributed by atoms with Crippen LogP contribution in [0.25, 0.3) is 11.4 Å². The molecule has 1 atom stereocenters. The second-order valence-electron chi connectivity index (χ2n) is 8.12. The Balaban J connectivity index is 1.22. The van der Waals surface area contributed by atoms with Gasteiger partial charge in [0.05, 0.1) is 27.2 Å². The van der Waals surface area contributed by atoms with E-state index in [0.29, 0.717) is 66.3 Å². The van der Waals surface area contributed by atoms with E-state index in [1.54, 1.807) is 18.2 Å². The van der Waals surface area contributed by atoms with Crippen LogP contribution in [0.1, 0.15) is 18.7 Å². The fourth-order valence-corrected chi connectivity index (χ4v) is 3.86. The van der Waals surface area contributed by atoms with Crippen LogP contribution in [-0.4, -0.2) is 56.4 Å². The number of carbonyl (C=O) groups is 2. The van der Waals surface area contributed by atoms with Gasteiger partial charge in [-0.15, -0.1) is 10.2 Å². The standard InChI is InChI=1S/C25H28N6O6/c1-34-18-13-15(14-19(35-2)22(18)36-3)23-28-21(37-31-23)10-9-20(32)26-11-6-12-27-24-16-7-4-5-8-17(16)25(33)30-29-24/h4-5,7-8,13-14,17,27H,6,9-12H2,1-3H3,(H,26,32). The van der Waals surface area contributed by atoms with E-state index in [0.717, 1.165) is 5.57 Å². The Bertz CT molecular complexity index is 1250. The Kier molecular flexibility index (Phi) is 8.29. The van der Waals surface area contributed by atoms with Gasteiger partial charge in [0, 0.05) is 37.1 Å². The lowest BCUT2D eigenvalue weighted by Crippen LogP contribution is -2.28. The molecular formula is C25H28N6O6. The summed E-state index contributed by atoms with van der Waals surface area (Å²) in [5, 5.41) is 17.7. The normalized spacial score (nSPS) is 16.0. The topological polar surface area (TPSA) is 150 Å². The van der Waals surface area contributed by atoms with E-state index in [4.69, 9.17) is 18.7 Å². The molecule has 194 valence electrons. The molecule has 1 aromatic carbocycles. The zero-order chi connectivity index (χ0) is 26.2. The second-order valence-corrected chi connectivity index (χ2v) is 8.12. The fourth-order valence-electron chi connectivity index (χ4n) is 3.86. The van der Waals surface area contributed by atoms with Crippen LogP contribution in [0, 0.1) is 5.92 Å². The summed E-state index contributed by atoms with van der Waals surface area (Å²) in [5.41, 5.74) is 1.43. The number of aromatic nitrogens is 2. The Morgan fingerprint density at radius 1 is 1.05 bits per heavy atom. The van der Waals surface area contributed by atoms with Gasteiger partial charge in [0.2, 0.25) is 23.4 Å². The summed E-state index contributed by atoms with van der Waals surface area (Å²) >= 11 is 0. The number of fused-ring (bicyclic) bond motifs is 1. The Labute approximate surface area is 213 Å². The summed E-state index contributed by atoms with van der Waals surface area (Å²) in [6.45, 7) is 1.04. The van der Waals surface area contributed by atoms with Crippen molar-refractivity contribution in [2.75, 3.05) is 34.4 Å². The van der Waals surface area contributed by atoms with Crippen molar-refractivity contribution in [3.63, 3.8) is 0 Å². The molecule has 1 aromatic heterocycles. The Morgan fingerprint density at radius 3 is 2.57 bits per heavy atom. The highest BCUT2D eigenvalue weighted by molar-refractivity contribution is 5.86. The molecule has 0 saturated heterocycles. The molecule has 0 radical (unpaired) electrons. The molecule has 2 N–H and O–H groups in total. The van der Waals surface area contributed by atoms with E-state index in [9.17, 15) is 9.59 Å². The summed E-state index contributed by atoms with van der Waals surface area (Å²) in [7, 11) is 4.58. The first-order chi connectivity index (χ1) is 18.0. The number of hydrogen-bond acceptors (Lipinski definition) is 10. The lowest BCUT2D eigenvalue weighted by Gasteiger charge is -2.20. The van der Waals surface area contributed by atoms with Crippen molar-refractivity contribution < 1.29 is 28.3 Å². The van der Waals surface area contributed by atoms with Crippen LogP contribution in [0.5, 0.6) is 17.2 Å². The van der Waals surface area contributed by atoms with Gasteiger partial charge in [-0.05, 0) is 18.6 Å². The predicted molar refractivity (Wildman–Crippen MR) is 132 cm³/mol. The number of benzene rings is 1. The number of nitrogens with one attached hydrogen (secondary N) is 2. The van der Waals surface area contributed by atoms with Gasteiger partial charge in [-0.1, -0.05) is 29.5 Å². The van der Waals surface area contributed by atoms with Crippen LogP contribution < -0.4 is 24.8 Å². The molecule has 0 bridgehead atoms. The first kappa shape index (κ1) is 25.6. The lowest BCUT2D eigenvalue weighted by atomic mass is 9.93. The number of allylic oxidation sites excluding steroid dienone is 3. The quantitative estimate of drug-likeness (QED) is 0.413. The number of azo groups is 1. The summed E-state index contributed by atoms with van der Waals surface area (Å²) in [4.78, 5) is 28.5. The molecule has 2 amide bonds. The molecule has 0 saturated carbocycles. The minimum Gasteiger partial charge on any atom is -0.493 e.